The molecule has 112 valence electrons. The summed E-state index contributed by atoms with van der Waals surface area (Å²) in [4.78, 5) is 10.5. The summed E-state index contributed by atoms with van der Waals surface area (Å²) in [5, 5.41) is 20.1. The highest BCUT2D eigenvalue weighted by Gasteiger charge is 2.17. The van der Waals surface area contributed by atoms with Crippen molar-refractivity contribution in [2.75, 3.05) is 0 Å². The highest BCUT2D eigenvalue weighted by molar-refractivity contribution is 9.08. The first-order valence-electron chi connectivity index (χ1n) is 6.35. The van der Waals surface area contributed by atoms with Crippen molar-refractivity contribution < 1.29 is 4.92 Å². The lowest BCUT2D eigenvalue weighted by Gasteiger charge is -2.12. The highest BCUT2D eigenvalue weighted by atomic mass is 79.9. The number of aromatic nitrogens is 3. The number of nitro groups is 1. The molecule has 0 aliphatic carbocycles. The predicted molar refractivity (Wildman–Crippen MR) is 84.6 cm³/mol. The van der Waals surface area contributed by atoms with Gasteiger partial charge in [-0.3, -0.25) is 10.1 Å². The number of halogens is 2. The first kappa shape index (κ1) is 15.9. The van der Waals surface area contributed by atoms with E-state index in [1.165, 1.54) is 12.1 Å². The van der Waals surface area contributed by atoms with Gasteiger partial charge in [0.2, 0.25) is 0 Å². The molecule has 0 atom stereocenters. The van der Waals surface area contributed by atoms with E-state index in [1.54, 1.807) is 6.07 Å². The number of non-ortho nitro benzene ring substituents is 1. The van der Waals surface area contributed by atoms with Gasteiger partial charge in [0, 0.05) is 29.3 Å². The Morgan fingerprint density at radius 3 is 2.67 bits per heavy atom. The van der Waals surface area contributed by atoms with Gasteiger partial charge in [-0.25, -0.2) is 0 Å². The minimum Gasteiger partial charge on any atom is -0.310 e. The normalized spacial score (nSPS) is 11.1. The van der Waals surface area contributed by atoms with E-state index in [2.05, 4.69) is 40.0 Å². The van der Waals surface area contributed by atoms with Crippen LogP contribution >= 0.6 is 27.5 Å². The SMILES string of the molecule is CC(C)Cn1c(CBr)nnc1-c1cc(Cl)cc([N+](=O)[O-])c1. The molecule has 0 spiro atoms. The van der Waals surface area contributed by atoms with Crippen LogP contribution in [0.15, 0.2) is 18.2 Å². The summed E-state index contributed by atoms with van der Waals surface area (Å²) in [5.74, 6) is 1.76. The molecule has 0 aliphatic heterocycles. The molecule has 21 heavy (non-hydrogen) atoms. The van der Waals surface area contributed by atoms with Crippen LogP contribution in [-0.2, 0) is 11.9 Å². The summed E-state index contributed by atoms with van der Waals surface area (Å²) in [6.07, 6.45) is 0. The van der Waals surface area contributed by atoms with Crippen molar-refractivity contribution in [2.45, 2.75) is 25.7 Å². The van der Waals surface area contributed by atoms with Crippen LogP contribution in [0.5, 0.6) is 0 Å². The summed E-state index contributed by atoms with van der Waals surface area (Å²) < 4.78 is 1.95. The van der Waals surface area contributed by atoms with E-state index in [0.29, 0.717) is 27.7 Å². The Labute approximate surface area is 135 Å². The number of benzene rings is 1. The molecule has 2 rings (SSSR count). The molecule has 1 heterocycles. The Morgan fingerprint density at radius 2 is 2.10 bits per heavy atom. The summed E-state index contributed by atoms with van der Waals surface area (Å²) >= 11 is 9.35. The van der Waals surface area contributed by atoms with Crippen LogP contribution in [0.1, 0.15) is 19.7 Å². The average Bonchev–Trinajstić information content (AvgIpc) is 2.80. The first-order chi connectivity index (χ1) is 9.92. The quantitative estimate of drug-likeness (QED) is 0.450. The van der Waals surface area contributed by atoms with Gasteiger partial charge < -0.3 is 4.57 Å². The molecule has 1 aromatic carbocycles. The minimum atomic E-state index is -0.468. The van der Waals surface area contributed by atoms with Gasteiger partial charge in [-0.05, 0) is 12.0 Å². The van der Waals surface area contributed by atoms with Gasteiger partial charge in [-0.15, -0.1) is 10.2 Å². The molecule has 6 nitrogen and oxygen atoms in total. The number of rotatable bonds is 5. The van der Waals surface area contributed by atoms with E-state index >= 15 is 0 Å². The average molecular weight is 374 g/mol. The van der Waals surface area contributed by atoms with E-state index < -0.39 is 4.92 Å². The second-order valence-electron chi connectivity index (χ2n) is 5.03. The maximum Gasteiger partial charge on any atom is 0.271 e. The molecule has 0 bridgehead atoms. The number of alkyl halides is 1. The van der Waals surface area contributed by atoms with Crippen LogP contribution in [0, 0.1) is 16.0 Å². The van der Waals surface area contributed by atoms with Gasteiger partial charge in [0.05, 0.1) is 10.3 Å². The third-order valence-electron chi connectivity index (χ3n) is 2.85. The van der Waals surface area contributed by atoms with Crippen molar-refractivity contribution in [1.29, 1.82) is 0 Å². The molecular formula is C13H14BrClN4O2. The van der Waals surface area contributed by atoms with Crippen LogP contribution in [0.25, 0.3) is 11.4 Å². The molecule has 0 fully saturated rings. The molecule has 0 radical (unpaired) electrons. The molecule has 8 heteroatoms. The van der Waals surface area contributed by atoms with Crippen molar-refractivity contribution in [1.82, 2.24) is 14.8 Å². The number of nitro benzene ring substituents is 1. The van der Waals surface area contributed by atoms with Crippen molar-refractivity contribution in [3.8, 4) is 11.4 Å². The Bertz CT molecular complexity index is 672. The second-order valence-corrected chi connectivity index (χ2v) is 6.03. The van der Waals surface area contributed by atoms with Gasteiger partial charge in [0.1, 0.15) is 5.82 Å². The van der Waals surface area contributed by atoms with E-state index in [4.69, 9.17) is 11.6 Å². The topological polar surface area (TPSA) is 73.8 Å². The van der Waals surface area contributed by atoms with E-state index in [9.17, 15) is 10.1 Å². The first-order valence-corrected chi connectivity index (χ1v) is 7.85. The molecule has 0 unspecified atom stereocenters. The third-order valence-corrected chi connectivity index (χ3v) is 3.57. The van der Waals surface area contributed by atoms with Gasteiger partial charge in [-0.1, -0.05) is 41.4 Å². The van der Waals surface area contributed by atoms with Gasteiger partial charge in [0.15, 0.2) is 5.82 Å². The monoisotopic (exact) mass is 372 g/mol. The van der Waals surface area contributed by atoms with Crippen molar-refractivity contribution in [3.05, 3.63) is 39.2 Å². The van der Waals surface area contributed by atoms with Crippen LogP contribution in [0.3, 0.4) is 0 Å². The second kappa shape index (κ2) is 6.53. The summed E-state index contributed by atoms with van der Waals surface area (Å²) in [6.45, 7) is 4.90. The zero-order valence-electron chi connectivity index (χ0n) is 11.6. The highest BCUT2D eigenvalue weighted by Crippen LogP contribution is 2.28. The molecule has 0 saturated heterocycles. The standard InChI is InChI=1S/C13H14BrClN4O2/c1-8(2)7-18-12(6-14)16-17-13(18)9-3-10(15)5-11(4-9)19(20)21/h3-5,8H,6-7H2,1-2H3. The number of hydrogen-bond acceptors (Lipinski definition) is 4. The van der Waals surface area contributed by atoms with Crippen LogP contribution < -0.4 is 0 Å². The molecule has 0 N–H and O–H groups in total. The number of nitrogens with zero attached hydrogens (tertiary/aromatic N) is 4. The molecular weight excluding hydrogens is 360 g/mol. The van der Waals surface area contributed by atoms with E-state index in [1.807, 2.05) is 4.57 Å². The molecule has 0 aliphatic rings. The third kappa shape index (κ3) is 3.59. The Balaban J connectivity index is 2.56. The molecule has 0 amide bonds. The summed E-state index contributed by atoms with van der Waals surface area (Å²) in [6, 6.07) is 4.44. The minimum absolute atomic E-state index is 0.0583. The van der Waals surface area contributed by atoms with Crippen molar-refractivity contribution in [2.24, 2.45) is 5.92 Å². The van der Waals surface area contributed by atoms with Crippen LogP contribution in [-0.4, -0.2) is 19.7 Å². The molecule has 0 saturated carbocycles. The largest absolute Gasteiger partial charge is 0.310 e. The summed E-state index contributed by atoms with van der Waals surface area (Å²) in [7, 11) is 0. The fraction of sp³-hybridized carbons (Fsp3) is 0.385. The Hall–Kier alpha value is -1.47. The van der Waals surface area contributed by atoms with Gasteiger partial charge >= 0.3 is 0 Å². The van der Waals surface area contributed by atoms with E-state index in [-0.39, 0.29) is 5.69 Å². The maximum atomic E-state index is 11.0. The Morgan fingerprint density at radius 1 is 1.38 bits per heavy atom. The lowest BCUT2D eigenvalue weighted by Crippen LogP contribution is -2.09. The van der Waals surface area contributed by atoms with Crippen molar-refractivity contribution in [3.63, 3.8) is 0 Å². The van der Waals surface area contributed by atoms with E-state index in [0.717, 1.165) is 12.4 Å². The molecule has 1 aromatic heterocycles. The molecule has 2 aromatic rings. The fourth-order valence-electron chi connectivity index (χ4n) is 2.01. The van der Waals surface area contributed by atoms with Crippen LogP contribution in [0.4, 0.5) is 5.69 Å². The van der Waals surface area contributed by atoms with Gasteiger partial charge in [-0.2, -0.15) is 0 Å². The Kier molecular flexibility index (Phi) is 4.95. The smallest absolute Gasteiger partial charge is 0.271 e. The van der Waals surface area contributed by atoms with Crippen LogP contribution in [0.2, 0.25) is 5.02 Å². The zero-order valence-corrected chi connectivity index (χ0v) is 13.9. The fourth-order valence-corrected chi connectivity index (χ4v) is 2.66. The zero-order chi connectivity index (χ0) is 15.6. The van der Waals surface area contributed by atoms with Gasteiger partial charge in [0.25, 0.3) is 5.69 Å². The van der Waals surface area contributed by atoms with Crippen molar-refractivity contribution >= 4 is 33.2 Å². The predicted octanol–water partition coefficient (Wildman–Crippen LogP) is 4.06. The number of hydrogen-bond donors (Lipinski definition) is 0. The maximum absolute atomic E-state index is 11.0. The lowest BCUT2D eigenvalue weighted by atomic mass is 10.1. The summed E-state index contributed by atoms with van der Waals surface area (Å²) in [5.41, 5.74) is 0.534. The lowest BCUT2D eigenvalue weighted by molar-refractivity contribution is -0.384.